The summed E-state index contributed by atoms with van der Waals surface area (Å²) in [6.45, 7) is 6.17. The minimum atomic E-state index is -0.0113. The van der Waals surface area contributed by atoms with Crippen LogP contribution in [0.25, 0.3) is 11.5 Å². The van der Waals surface area contributed by atoms with E-state index in [1.165, 1.54) is 4.88 Å². The Morgan fingerprint density at radius 3 is 2.54 bits per heavy atom. The summed E-state index contributed by atoms with van der Waals surface area (Å²) in [5.41, 5.74) is 1.67. The lowest BCUT2D eigenvalue weighted by Gasteiger charge is -2.05. The first kappa shape index (κ1) is 16.5. The first-order chi connectivity index (χ1) is 11.5. The lowest BCUT2D eigenvalue weighted by atomic mass is 10.2. The van der Waals surface area contributed by atoms with Crippen LogP contribution in [-0.2, 0) is 11.2 Å². The number of oxazole rings is 1. The van der Waals surface area contributed by atoms with E-state index in [0.717, 1.165) is 21.9 Å². The van der Waals surface area contributed by atoms with Crippen LogP contribution < -0.4 is 5.32 Å². The van der Waals surface area contributed by atoms with Gasteiger partial charge in [0.25, 0.3) is 0 Å². The summed E-state index contributed by atoms with van der Waals surface area (Å²) >= 11 is 1.65. The third kappa shape index (κ3) is 3.92. The topological polar surface area (TPSA) is 55.1 Å². The number of rotatable bonds is 5. The van der Waals surface area contributed by atoms with Crippen molar-refractivity contribution in [1.82, 2.24) is 4.98 Å². The molecule has 0 atom stereocenters. The van der Waals surface area contributed by atoms with Crippen LogP contribution in [0.2, 0.25) is 0 Å². The summed E-state index contributed by atoms with van der Waals surface area (Å²) in [5.74, 6) is 1.77. The van der Waals surface area contributed by atoms with Crippen molar-refractivity contribution in [1.29, 1.82) is 0 Å². The van der Waals surface area contributed by atoms with Crippen molar-refractivity contribution in [2.75, 3.05) is 5.32 Å². The van der Waals surface area contributed by atoms with Gasteiger partial charge in [-0.25, -0.2) is 4.98 Å². The molecule has 0 saturated carbocycles. The SMILES string of the molecule is Cc1ccc(CC(=O)Nc2ccc(-c3ncc(C(C)C)o3)cc2)s1. The average Bonchev–Trinajstić information content (AvgIpc) is 3.17. The normalized spacial score (nSPS) is 11.0. The summed E-state index contributed by atoms with van der Waals surface area (Å²) in [5, 5.41) is 2.92. The van der Waals surface area contributed by atoms with Crippen molar-refractivity contribution >= 4 is 22.9 Å². The smallest absolute Gasteiger partial charge is 0.229 e. The first-order valence-corrected chi connectivity index (χ1v) is 8.74. The van der Waals surface area contributed by atoms with Crippen molar-refractivity contribution in [2.45, 2.75) is 33.1 Å². The highest BCUT2D eigenvalue weighted by molar-refractivity contribution is 7.12. The van der Waals surface area contributed by atoms with E-state index in [1.54, 1.807) is 17.5 Å². The second kappa shape index (κ2) is 7.01. The fourth-order valence-corrected chi connectivity index (χ4v) is 3.22. The monoisotopic (exact) mass is 340 g/mol. The van der Waals surface area contributed by atoms with Gasteiger partial charge in [0.1, 0.15) is 5.76 Å². The Morgan fingerprint density at radius 1 is 1.21 bits per heavy atom. The minimum absolute atomic E-state index is 0.0113. The molecule has 2 heterocycles. The lowest BCUT2D eigenvalue weighted by Crippen LogP contribution is -2.13. The Hall–Kier alpha value is -2.40. The third-order valence-corrected chi connectivity index (χ3v) is 4.64. The molecule has 0 unspecified atom stereocenters. The van der Waals surface area contributed by atoms with Crippen LogP contribution in [0.5, 0.6) is 0 Å². The minimum Gasteiger partial charge on any atom is -0.441 e. The molecular weight excluding hydrogens is 320 g/mol. The van der Waals surface area contributed by atoms with E-state index in [9.17, 15) is 4.79 Å². The van der Waals surface area contributed by atoms with Gasteiger partial charge >= 0.3 is 0 Å². The van der Waals surface area contributed by atoms with E-state index in [-0.39, 0.29) is 5.91 Å². The van der Waals surface area contributed by atoms with Crippen molar-refractivity contribution < 1.29 is 9.21 Å². The molecule has 124 valence electrons. The molecule has 2 aromatic heterocycles. The maximum Gasteiger partial charge on any atom is 0.229 e. The van der Waals surface area contributed by atoms with E-state index in [4.69, 9.17) is 4.42 Å². The van der Waals surface area contributed by atoms with Gasteiger partial charge in [-0.1, -0.05) is 13.8 Å². The summed E-state index contributed by atoms with van der Waals surface area (Å²) in [6, 6.07) is 11.6. The van der Waals surface area contributed by atoms with Crippen molar-refractivity contribution in [3.63, 3.8) is 0 Å². The zero-order chi connectivity index (χ0) is 17.1. The standard InChI is InChI=1S/C19H20N2O2S/c1-12(2)17-11-20-19(23-17)14-5-7-15(8-6-14)21-18(22)10-16-9-4-13(3)24-16/h4-9,11-12H,10H2,1-3H3,(H,21,22). The fraction of sp³-hybridized carbons (Fsp3) is 0.263. The van der Waals surface area contributed by atoms with Gasteiger partial charge in [-0.3, -0.25) is 4.79 Å². The maximum atomic E-state index is 12.1. The fourth-order valence-electron chi connectivity index (χ4n) is 2.33. The average molecular weight is 340 g/mol. The summed E-state index contributed by atoms with van der Waals surface area (Å²) in [6.07, 6.45) is 2.16. The molecule has 1 amide bonds. The van der Waals surface area contributed by atoms with Crippen molar-refractivity contribution in [3.05, 3.63) is 58.1 Å². The number of amides is 1. The van der Waals surface area contributed by atoms with Crippen LogP contribution in [0.3, 0.4) is 0 Å². The van der Waals surface area contributed by atoms with E-state index >= 15 is 0 Å². The number of hydrogen-bond acceptors (Lipinski definition) is 4. The Kier molecular flexibility index (Phi) is 4.81. The quantitative estimate of drug-likeness (QED) is 0.710. The second-order valence-electron chi connectivity index (χ2n) is 6.04. The van der Waals surface area contributed by atoms with E-state index in [1.807, 2.05) is 43.3 Å². The predicted molar refractivity (Wildman–Crippen MR) is 97.4 cm³/mol. The summed E-state index contributed by atoms with van der Waals surface area (Å²) in [4.78, 5) is 18.7. The molecule has 5 heteroatoms. The molecule has 0 bridgehead atoms. The highest BCUT2D eigenvalue weighted by Crippen LogP contribution is 2.24. The largest absolute Gasteiger partial charge is 0.441 e. The molecule has 24 heavy (non-hydrogen) atoms. The molecule has 0 spiro atoms. The third-order valence-electron chi connectivity index (χ3n) is 3.64. The van der Waals surface area contributed by atoms with Gasteiger partial charge < -0.3 is 9.73 Å². The molecule has 0 aliphatic carbocycles. The van der Waals surface area contributed by atoms with Gasteiger partial charge in [0.2, 0.25) is 11.8 Å². The summed E-state index contributed by atoms with van der Waals surface area (Å²) in [7, 11) is 0. The number of anilines is 1. The highest BCUT2D eigenvalue weighted by atomic mass is 32.1. The molecule has 1 N–H and O–H groups in total. The van der Waals surface area contributed by atoms with E-state index in [2.05, 4.69) is 24.1 Å². The number of aromatic nitrogens is 1. The van der Waals surface area contributed by atoms with Gasteiger partial charge in [-0.2, -0.15) is 0 Å². The predicted octanol–water partition coefficient (Wildman–Crippen LogP) is 5.02. The van der Waals surface area contributed by atoms with Crippen LogP contribution >= 0.6 is 11.3 Å². The van der Waals surface area contributed by atoms with Gasteiger partial charge in [-0.15, -0.1) is 11.3 Å². The van der Waals surface area contributed by atoms with E-state index < -0.39 is 0 Å². The summed E-state index contributed by atoms with van der Waals surface area (Å²) < 4.78 is 5.74. The molecule has 0 aliphatic heterocycles. The molecule has 3 aromatic rings. The molecule has 1 aromatic carbocycles. The number of benzene rings is 1. The van der Waals surface area contributed by atoms with E-state index in [0.29, 0.717) is 18.2 Å². The van der Waals surface area contributed by atoms with Gasteiger partial charge in [-0.05, 0) is 43.3 Å². The van der Waals surface area contributed by atoms with Crippen LogP contribution in [0.4, 0.5) is 5.69 Å². The second-order valence-corrected chi connectivity index (χ2v) is 7.41. The molecule has 0 aliphatic rings. The zero-order valence-electron chi connectivity index (χ0n) is 14.0. The van der Waals surface area contributed by atoms with Crippen molar-refractivity contribution in [2.24, 2.45) is 0 Å². The number of carbonyl (C=O) groups excluding carboxylic acids is 1. The Bertz CT molecular complexity index is 831. The number of aryl methyl sites for hydroxylation is 1. The molecule has 3 rings (SSSR count). The highest BCUT2D eigenvalue weighted by Gasteiger charge is 2.10. The van der Waals surface area contributed by atoms with Crippen LogP contribution in [0.15, 0.2) is 47.0 Å². The number of carbonyl (C=O) groups is 1. The zero-order valence-corrected chi connectivity index (χ0v) is 14.8. The number of thiophene rings is 1. The Balaban J connectivity index is 1.64. The lowest BCUT2D eigenvalue weighted by molar-refractivity contribution is -0.115. The van der Waals surface area contributed by atoms with Crippen molar-refractivity contribution in [3.8, 4) is 11.5 Å². The molecule has 0 radical (unpaired) electrons. The molecule has 0 saturated heterocycles. The molecular formula is C19H20N2O2S. The molecule has 0 fully saturated rings. The van der Waals surface area contributed by atoms with Crippen LogP contribution in [-0.4, -0.2) is 10.9 Å². The number of nitrogens with one attached hydrogen (secondary N) is 1. The van der Waals surface area contributed by atoms with Gasteiger partial charge in [0, 0.05) is 26.9 Å². The van der Waals surface area contributed by atoms with Gasteiger partial charge in [0.15, 0.2) is 0 Å². The van der Waals surface area contributed by atoms with Gasteiger partial charge in [0.05, 0.1) is 12.6 Å². The maximum absolute atomic E-state index is 12.1. The number of nitrogens with zero attached hydrogens (tertiary/aromatic N) is 1. The number of hydrogen-bond donors (Lipinski definition) is 1. The Labute approximate surface area is 145 Å². The Morgan fingerprint density at radius 2 is 1.96 bits per heavy atom. The van der Waals surface area contributed by atoms with Crippen LogP contribution in [0.1, 0.15) is 35.3 Å². The first-order valence-electron chi connectivity index (χ1n) is 7.92. The van der Waals surface area contributed by atoms with Crippen LogP contribution in [0, 0.1) is 6.92 Å². The molecule has 4 nitrogen and oxygen atoms in total.